The summed E-state index contributed by atoms with van der Waals surface area (Å²) in [6.45, 7) is -0.0401. The highest BCUT2D eigenvalue weighted by atomic mass is 32.2. The van der Waals surface area contributed by atoms with Gasteiger partial charge >= 0.3 is 6.18 Å². The van der Waals surface area contributed by atoms with Gasteiger partial charge in [-0.05, 0) is 79.3 Å². The fourth-order valence-corrected chi connectivity index (χ4v) is 8.01. The second kappa shape index (κ2) is 9.60. The average molecular weight is 591 g/mol. The summed E-state index contributed by atoms with van der Waals surface area (Å²) in [6, 6.07) is 9.30. The van der Waals surface area contributed by atoms with E-state index in [2.05, 4.69) is 10.1 Å². The molecule has 2 aromatic heterocycles. The number of aromatic nitrogens is 3. The monoisotopic (exact) mass is 590 g/mol. The van der Waals surface area contributed by atoms with E-state index in [9.17, 15) is 30.8 Å². The zero-order valence-electron chi connectivity index (χ0n) is 20.8. The third-order valence-electron chi connectivity index (χ3n) is 7.84. The van der Waals surface area contributed by atoms with Gasteiger partial charge in [-0.2, -0.15) is 22.6 Å². The van der Waals surface area contributed by atoms with Crippen molar-refractivity contribution >= 4 is 27.1 Å². The maximum atomic E-state index is 14.0. The smallest absolute Gasteiger partial charge is 0.291 e. The molecule has 2 atom stereocenters. The molecule has 0 radical (unpaired) electrons. The summed E-state index contributed by atoms with van der Waals surface area (Å²) >= 11 is 1.18. The van der Waals surface area contributed by atoms with Crippen LogP contribution in [0, 0.1) is 17.2 Å². The molecule has 2 aromatic carbocycles. The molecular weight excluding hydrogens is 568 g/mol. The first kappa shape index (κ1) is 26.8. The molecule has 0 unspecified atom stereocenters. The fourth-order valence-electron chi connectivity index (χ4n) is 5.80. The lowest BCUT2D eigenvalue weighted by atomic mass is 9.61. The lowest BCUT2D eigenvalue weighted by Gasteiger charge is -2.48. The Bertz CT molecular complexity index is 1670. The fraction of sp³-hybridized carbons (Fsp3) is 0.296. The number of hydrogen-bond acceptors (Lipinski definition) is 6. The number of halogens is 4. The van der Waals surface area contributed by atoms with Crippen molar-refractivity contribution in [3.63, 3.8) is 0 Å². The van der Waals surface area contributed by atoms with E-state index in [0.717, 1.165) is 35.5 Å². The van der Waals surface area contributed by atoms with E-state index in [0.29, 0.717) is 18.5 Å². The van der Waals surface area contributed by atoms with Crippen LogP contribution in [0.1, 0.15) is 33.0 Å². The van der Waals surface area contributed by atoms with E-state index >= 15 is 0 Å². The SMILES string of the molecule is O=C(c1nccs1)[C@]12Cc3cnn(-c4ccc(F)cc4)c3C[C@@H]1CCN(S(=O)(=O)c1ccc(C(F)(F)F)cc1)C2. The number of hydrogen-bond donors (Lipinski definition) is 0. The molecule has 0 amide bonds. The van der Waals surface area contributed by atoms with Gasteiger partial charge in [-0.25, -0.2) is 22.5 Å². The predicted octanol–water partition coefficient (Wildman–Crippen LogP) is 5.17. The molecule has 1 aliphatic heterocycles. The summed E-state index contributed by atoms with van der Waals surface area (Å²) < 4.78 is 82.8. The first-order valence-corrected chi connectivity index (χ1v) is 14.7. The molecule has 40 heavy (non-hydrogen) atoms. The van der Waals surface area contributed by atoms with Crippen molar-refractivity contribution in [2.75, 3.05) is 13.1 Å². The van der Waals surface area contributed by atoms with Gasteiger partial charge in [-0.3, -0.25) is 4.79 Å². The Balaban J connectivity index is 1.38. The molecule has 0 N–H and O–H groups in total. The molecule has 2 aliphatic rings. The maximum Gasteiger partial charge on any atom is 0.416 e. The minimum absolute atomic E-state index is 0.0982. The molecular formula is C27H22F4N4O3S2. The number of piperidine rings is 1. The van der Waals surface area contributed by atoms with E-state index in [1.165, 1.54) is 34.0 Å². The number of rotatable bonds is 5. The van der Waals surface area contributed by atoms with Crippen molar-refractivity contribution < 1.29 is 30.8 Å². The molecule has 1 saturated heterocycles. The number of ketones is 1. The number of carbonyl (C=O) groups excluding carboxylic acids is 1. The topological polar surface area (TPSA) is 85.2 Å². The standard InChI is InChI=1S/C27H22F4N4O3S2/c28-20-3-5-21(6-4-20)35-23-13-19-9-11-34(40(37,38)22-7-1-18(2-8-22)27(29,30)31)16-26(19,14-17(23)15-33-35)24(36)25-32-10-12-39-25/h1-8,10,12,15,19H,9,11,13-14,16H2/t19-,26-/m0/s1. The average Bonchev–Trinajstić information content (AvgIpc) is 3.61. The summed E-state index contributed by atoms with van der Waals surface area (Å²) in [5.41, 5.74) is 0.235. The van der Waals surface area contributed by atoms with E-state index in [4.69, 9.17) is 0 Å². The van der Waals surface area contributed by atoms with Gasteiger partial charge in [0.25, 0.3) is 0 Å². The molecule has 4 aromatic rings. The minimum atomic E-state index is -4.59. The van der Waals surface area contributed by atoms with Crippen LogP contribution in [0.4, 0.5) is 17.6 Å². The van der Waals surface area contributed by atoms with Crippen LogP contribution in [0.2, 0.25) is 0 Å². The Kier molecular flexibility index (Phi) is 6.43. The Morgan fingerprint density at radius 3 is 2.45 bits per heavy atom. The second-order valence-electron chi connectivity index (χ2n) is 10.1. The second-order valence-corrected chi connectivity index (χ2v) is 12.9. The summed E-state index contributed by atoms with van der Waals surface area (Å²) in [4.78, 5) is 18.0. The Morgan fingerprint density at radius 2 is 1.80 bits per heavy atom. The van der Waals surface area contributed by atoms with Crippen molar-refractivity contribution in [2.45, 2.75) is 30.3 Å². The van der Waals surface area contributed by atoms with Gasteiger partial charge in [0.1, 0.15) is 5.82 Å². The van der Waals surface area contributed by atoms with Crippen molar-refractivity contribution in [1.82, 2.24) is 19.1 Å². The van der Waals surface area contributed by atoms with E-state index in [-0.39, 0.29) is 46.9 Å². The lowest BCUT2D eigenvalue weighted by Crippen LogP contribution is -2.57. The van der Waals surface area contributed by atoms with Crippen LogP contribution < -0.4 is 0 Å². The van der Waals surface area contributed by atoms with Crippen LogP contribution >= 0.6 is 11.3 Å². The third-order valence-corrected chi connectivity index (χ3v) is 10.5. The molecule has 13 heteroatoms. The molecule has 208 valence electrons. The van der Waals surface area contributed by atoms with Gasteiger partial charge in [0.15, 0.2) is 10.8 Å². The Hall–Kier alpha value is -3.42. The third kappa shape index (κ3) is 4.45. The maximum absolute atomic E-state index is 14.0. The van der Waals surface area contributed by atoms with Crippen molar-refractivity contribution in [3.05, 3.63) is 94.0 Å². The highest BCUT2D eigenvalue weighted by Gasteiger charge is 2.55. The summed E-state index contributed by atoms with van der Waals surface area (Å²) in [6.07, 6.45) is -0.420. The van der Waals surface area contributed by atoms with E-state index in [1.54, 1.807) is 28.4 Å². The minimum Gasteiger partial charge on any atom is -0.291 e. The van der Waals surface area contributed by atoms with E-state index in [1.807, 2.05) is 0 Å². The number of nitrogens with zero attached hydrogens (tertiary/aromatic N) is 4. The largest absolute Gasteiger partial charge is 0.416 e. The van der Waals surface area contributed by atoms with Gasteiger partial charge in [0, 0.05) is 30.4 Å². The van der Waals surface area contributed by atoms with Gasteiger partial charge in [0.05, 0.1) is 27.8 Å². The zero-order chi connectivity index (χ0) is 28.3. The molecule has 6 rings (SSSR count). The zero-order valence-corrected chi connectivity index (χ0v) is 22.4. The highest BCUT2D eigenvalue weighted by Crippen LogP contribution is 2.48. The predicted molar refractivity (Wildman–Crippen MR) is 138 cm³/mol. The van der Waals surface area contributed by atoms with Crippen LogP contribution in [0.3, 0.4) is 0 Å². The Morgan fingerprint density at radius 1 is 1.07 bits per heavy atom. The number of fused-ring (bicyclic) bond motifs is 2. The van der Waals surface area contributed by atoms with E-state index < -0.39 is 27.2 Å². The molecule has 0 saturated carbocycles. The van der Waals surface area contributed by atoms with Crippen LogP contribution in [0.15, 0.2) is 71.2 Å². The van der Waals surface area contributed by atoms with Crippen molar-refractivity contribution in [3.8, 4) is 5.69 Å². The molecule has 7 nitrogen and oxygen atoms in total. The van der Waals surface area contributed by atoms with Gasteiger partial charge in [-0.1, -0.05) is 0 Å². The van der Waals surface area contributed by atoms with Crippen LogP contribution in [-0.2, 0) is 29.0 Å². The number of thiazole rings is 1. The van der Waals surface area contributed by atoms with Gasteiger partial charge < -0.3 is 0 Å². The van der Waals surface area contributed by atoms with Crippen LogP contribution in [0.5, 0.6) is 0 Å². The summed E-state index contributed by atoms with van der Waals surface area (Å²) in [5, 5.41) is 6.45. The number of carbonyl (C=O) groups is 1. The molecule has 3 heterocycles. The molecule has 1 fully saturated rings. The van der Waals surface area contributed by atoms with Crippen LogP contribution in [0.25, 0.3) is 5.69 Å². The highest BCUT2D eigenvalue weighted by molar-refractivity contribution is 7.89. The first-order valence-electron chi connectivity index (χ1n) is 12.4. The summed E-state index contributed by atoms with van der Waals surface area (Å²) in [7, 11) is -4.19. The Labute approximate surface area is 231 Å². The lowest BCUT2D eigenvalue weighted by molar-refractivity contribution is -0.137. The molecule has 0 spiro atoms. The van der Waals surface area contributed by atoms with Crippen molar-refractivity contribution in [1.29, 1.82) is 0 Å². The number of benzene rings is 2. The van der Waals surface area contributed by atoms with Crippen molar-refractivity contribution in [2.24, 2.45) is 11.3 Å². The summed E-state index contributed by atoms with van der Waals surface area (Å²) in [5.74, 6) is -0.884. The van der Waals surface area contributed by atoms with Gasteiger partial charge in [-0.15, -0.1) is 11.3 Å². The first-order chi connectivity index (χ1) is 19.0. The van der Waals surface area contributed by atoms with Gasteiger partial charge in [0.2, 0.25) is 10.0 Å². The normalized spacial score (nSPS) is 21.6. The number of Topliss-reactive ketones (excluding diaryl/α,β-unsaturated/α-hetero) is 1. The van der Waals surface area contributed by atoms with Crippen LogP contribution in [-0.4, -0.2) is 46.4 Å². The molecule has 0 bridgehead atoms. The molecule has 1 aliphatic carbocycles. The number of alkyl halides is 3. The number of sulfonamides is 1. The quantitative estimate of drug-likeness (QED) is 0.237.